The number of carbonyl (C=O) groups is 2. The molecule has 0 N–H and O–H groups in total. The van der Waals surface area contributed by atoms with Crippen LogP contribution in [0.2, 0.25) is 0 Å². The van der Waals surface area contributed by atoms with Gasteiger partial charge in [0.05, 0.1) is 0 Å². The van der Waals surface area contributed by atoms with Crippen molar-refractivity contribution in [1.82, 2.24) is 14.7 Å². The molecule has 1 aliphatic carbocycles. The third-order valence-corrected chi connectivity index (χ3v) is 6.65. The van der Waals surface area contributed by atoms with Crippen molar-refractivity contribution in [2.75, 3.05) is 39.3 Å². The second-order valence-electron chi connectivity index (χ2n) is 8.39. The fraction of sp³-hybridized carbons (Fsp3) is 0.895. The Balaban J connectivity index is 1.41. The van der Waals surface area contributed by atoms with Gasteiger partial charge in [0.2, 0.25) is 11.8 Å². The molecule has 0 aromatic heterocycles. The van der Waals surface area contributed by atoms with Gasteiger partial charge in [-0.1, -0.05) is 0 Å². The van der Waals surface area contributed by atoms with Crippen LogP contribution in [0.25, 0.3) is 0 Å². The summed E-state index contributed by atoms with van der Waals surface area (Å²) in [6, 6.07) is 0. The minimum atomic E-state index is -0.0369. The number of nitrogens with zero attached hydrogens (tertiary/aromatic N) is 3. The van der Waals surface area contributed by atoms with Crippen LogP contribution in [0, 0.1) is 5.92 Å². The standard InChI is InChI=1S/C19H31N3O2/c23-17-6-8-19(22(17)15-18(24)21-11-1-2-12-21)7-3-10-20(13-9-19)14-16-4-5-16/h16H,1-15H2. The highest BCUT2D eigenvalue weighted by molar-refractivity contribution is 5.87. The minimum Gasteiger partial charge on any atom is -0.341 e. The molecule has 1 atom stereocenters. The summed E-state index contributed by atoms with van der Waals surface area (Å²) >= 11 is 0. The second kappa shape index (κ2) is 6.66. The molecule has 1 saturated carbocycles. The van der Waals surface area contributed by atoms with Gasteiger partial charge in [-0.2, -0.15) is 0 Å². The molecule has 4 fully saturated rings. The molecule has 1 spiro atoms. The maximum atomic E-state index is 12.6. The van der Waals surface area contributed by atoms with Crippen LogP contribution >= 0.6 is 0 Å². The fourth-order valence-electron chi connectivity index (χ4n) is 4.93. The van der Waals surface area contributed by atoms with Crippen LogP contribution in [-0.2, 0) is 9.59 Å². The Labute approximate surface area is 145 Å². The fourth-order valence-corrected chi connectivity index (χ4v) is 4.93. The molecule has 3 aliphatic heterocycles. The lowest BCUT2D eigenvalue weighted by Crippen LogP contribution is -2.51. The van der Waals surface area contributed by atoms with Gasteiger partial charge in [-0.25, -0.2) is 0 Å². The average molecular weight is 333 g/mol. The number of hydrogen-bond donors (Lipinski definition) is 0. The quantitative estimate of drug-likeness (QED) is 0.789. The highest BCUT2D eigenvalue weighted by Gasteiger charge is 2.46. The van der Waals surface area contributed by atoms with Crippen molar-refractivity contribution in [2.24, 2.45) is 5.92 Å². The van der Waals surface area contributed by atoms with E-state index in [0.717, 1.165) is 64.1 Å². The minimum absolute atomic E-state index is 0.0369. The van der Waals surface area contributed by atoms with E-state index in [-0.39, 0.29) is 17.4 Å². The SMILES string of the molecule is O=C(CN1C(=O)CCC12CCCN(CC1CC1)CC2)N1CCCC1. The van der Waals surface area contributed by atoms with Gasteiger partial charge in [-0.15, -0.1) is 0 Å². The van der Waals surface area contributed by atoms with Crippen molar-refractivity contribution in [3.05, 3.63) is 0 Å². The van der Waals surface area contributed by atoms with E-state index in [2.05, 4.69) is 4.90 Å². The monoisotopic (exact) mass is 333 g/mol. The first-order valence-corrected chi connectivity index (χ1v) is 9.97. The van der Waals surface area contributed by atoms with E-state index in [1.165, 1.54) is 25.9 Å². The van der Waals surface area contributed by atoms with E-state index in [1.54, 1.807) is 0 Å². The van der Waals surface area contributed by atoms with Crippen molar-refractivity contribution in [3.63, 3.8) is 0 Å². The zero-order valence-corrected chi connectivity index (χ0v) is 14.8. The number of carbonyl (C=O) groups excluding carboxylic acids is 2. The van der Waals surface area contributed by atoms with Gasteiger partial charge in [-0.05, 0) is 63.8 Å². The van der Waals surface area contributed by atoms with Gasteiger partial charge in [0.25, 0.3) is 0 Å². The van der Waals surface area contributed by atoms with Crippen molar-refractivity contribution < 1.29 is 9.59 Å². The normalized spacial score (nSPS) is 31.9. The van der Waals surface area contributed by atoms with Crippen LogP contribution in [-0.4, -0.2) is 71.3 Å². The molecular formula is C19H31N3O2. The van der Waals surface area contributed by atoms with E-state index in [9.17, 15) is 9.59 Å². The Kier molecular flexibility index (Phi) is 4.54. The lowest BCUT2D eigenvalue weighted by molar-refractivity contribution is -0.141. The third kappa shape index (κ3) is 3.32. The van der Waals surface area contributed by atoms with Crippen molar-refractivity contribution in [2.45, 2.75) is 63.3 Å². The van der Waals surface area contributed by atoms with E-state index in [1.807, 2.05) is 9.80 Å². The molecule has 4 aliphatic rings. The summed E-state index contributed by atoms with van der Waals surface area (Å²) in [5, 5.41) is 0. The van der Waals surface area contributed by atoms with Crippen molar-refractivity contribution in [1.29, 1.82) is 0 Å². The molecule has 4 rings (SSSR count). The summed E-state index contributed by atoms with van der Waals surface area (Å²) in [7, 11) is 0. The molecule has 24 heavy (non-hydrogen) atoms. The molecule has 0 aromatic carbocycles. The number of hydrogen-bond acceptors (Lipinski definition) is 3. The molecule has 2 amide bonds. The van der Waals surface area contributed by atoms with E-state index in [0.29, 0.717) is 13.0 Å². The molecule has 3 saturated heterocycles. The summed E-state index contributed by atoms with van der Waals surface area (Å²) in [5.74, 6) is 1.30. The first kappa shape index (κ1) is 16.4. The van der Waals surface area contributed by atoms with Crippen LogP contribution in [0.5, 0.6) is 0 Å². The van der Waals surface area contributed by atoms with E-state index < -0.39 is 0 Å². The maximum absolute atomic E-state index is 12.6. The van der Waals surface area contributed by atoms with Crippen molar-refractivity contribution >= 4 is 11.8 Å². The van der Waals surface area contributed by atoms with Crippen LogP contribution in [0.1, 0.15) is 57.8 Å². The molecule has 0 radical (unpaired) electrons. The Hall–Kier alpha value is -1.10. The predicted molar refractivity (Wildman–Crippen MR) is 92.5 cm³/mol. The Morgan fingerprint density at radius 2 is 1.79 bits per heavy atom. The van der Waals surface area contributed by atoms with Crippen LogP contribution in [0.15, 0.2) is 0 Å². The van der Waals surface area contributed by atoms with Crippen LogP contribution in [0.3, 0.4) is 0 Å². The lowest BCUT2D eigenvalue weighted by atomic mass is 9.87. The molecule has 0 bridgehead atoms. The largest absolute Gasteiger partial charge is 0.341 e. The van der Waals surface area contributed by atoms with Gasteiger partial charge in [-0.3, -0.25) is 9.59 Å². The van der Waals surface area contributed by atoms with E-state index >= 15 is 0 Å². The first-order chi connectivity index (χ1) is 11.7. The molecule has 5 heteroatoms. The summed E-state index contributed by atoms with van der Waals surface area (Å²) < 4.78 is 0. The molecular weight excluding hydrogens is 302 g/mol. The molecule has 0 aromatic rings. The lowest BCUT2D eigenvalue weighted by Gasteiger charge is -2.38. The predicted octanol–water partition coefficient (Wildman–Crippen LogP) is 1.87. The van der Waals surface area contributed by atoms with Gasteiger partial charge in [0.15, 0.2) is 0 Å². The zero-order chi connectivity index (χ0) is 16.6. The summed E-state index contributed by atoms with van der Waals surface area (Å²) in [6.07, 6.45) is 9.90. The smallest absolute Gasteiger partial charge is 0.242 e. The van der Waals surface area contributed by atoms with E-state index in [4.69, 9.17) is 0 Å². The average Bonchev–Trinajstić information content (AvgIpc) is 3.18. The second-order valence-corrected chi connectivity index (χ2v) is 8.39. The summed E-state index contributed by atoms with van der Waals surface area (Å²) in [4.78, 5) is 31.7. The van der Waals surface area contributed by atoms with Crippen LogP contribution < -0.4 is 0 Å². The van der Waals surface area contributed by atoms with Crippen LogP contribution in [0.4, 0.5) is 0 Å². The highest BCUT2D eigenvalue weighted by Crippen LogP contribution is 2.40. The Morgan fingerprint density at radius 3 is 2.54 bits per heavy atom. The summed E-state index contributed by atoms with van der Waals surface area (Å²) in [5.41, 5.74) is -0.0369. The topological polar surface area (TPSA) is 43.9 Å². The number of amides is 2. The Morgan fingerprint density at radius 1 is 1.00 bits per heavy atom. The molecule has 5 nitrogen and oxygen atoms in total. The number of likely N-dealkylation sites (tertiary alicyclic amines) is 3. The number of rotatable bonds is 4. The van der Waals surface area contributed by atoms with Gasteiger partial charge in [0.1, 0.15) is 6.54 Å². The zero-order valence-electron chi connectivity index (χ0n) is 14.8. The Bertz CT molecular complexity index is 499. The molecule has 3 heterocycles. The van der Waals surface area contributed by atoms with Gasteiger partial charge >= 0.3 is 0 Å². The van der Waals surface area contributed by atoms with Crippen molar-refractivity contribution in [3.8, 4) is 0 Å². The van der Waals surface area contributed by atoms with Gasteiger partial charge in [0, 0.05) is 38.1 Å². The molecule has 1 unspecified atom stereocenters. The maximum Gasteiger partial charge on any atom is 0.242 e. The molecule has 134 valence electrons. The first-order valence-electron chi connectivity index (χ1n) is 9.97. The third-order valence-electron chi connectivity index (χ3n) is 6.65. The highest BCUT2D eigenvalue weighted by atomic mass is 16.2. The van der Waals surface area contributed by atoms with Gasteiger partial charge < -0.3 is 14.7 Å². The summed E-state index contributed by atoms with van der Waals surface area (Å²) in [6.45, 7) is 5.59.